The highest BCUT2D eigenvalue weighted by atomic mass is 16.5. The predicted octanol–water partition coefficient (Wildman–Crippen LogP) is 1.35. The van der Waals surface area contributed by atoms with Crippen molar-refractivity contribution in [1.29, 1.82) is 0 Å². The summed E-state index contributed by atoms with van der Waals surface area (Å²) in [6.07, 6.45) is 3.14. The van der Waals surface area contributed by atoms with E-state index in [9.17, 15) is 14.4 Å². The van der Waals surface area contributed by atoms with Crippen LogP contribution >= 0.6 is 0 Å². The number of rotatable bonds is 6. The van der Waals surface area contributed by atoms with Gasteiger partial charge in [0.15, 0.2) is 0 Å². The Hall–Kier alpha value is -2.45. The summed E-state index contributed by atoms with van der Waals surface area (Å²) in [5, 5.41) is 5.88. The molecule has 162 valence electrons. The summed E-state index contributed by atoms with van der Waals surface area (Å²) in [5.74, 6) is -0.590. The average Bonchev–Trinajstić information content (AvgIpc) is 3.29. The van der Waals surface area contributed by atoms with Gasteiger partial charge in [0.2, 0.25) is 5.91 Å². The zero-order valence-corrected chi connectivity index (χ0v) is 17.5. The van der Waals surface area contributed by atoms with Gasteiger partial charge >= 0.3 is 6.03 Å². The lowest BCUT2D eigenvalue weighted by Crippen LogP contribution is -2.47. The first-order chi connectivity index (χ1) is 14.5. The van der Waals surface area contributed by atoms with Crippen molar-refractivity contribution in [3.05, 3.63) is 35.4 Å². The number of amides is 4. The summed E-state index contributed by atoms with van der Waals surface area (Å²) in [6.45, 7) is 5.41. The van der Waals surface area contributed by atoms with Gasteiger partial charge in [0.1, 0.15) is 12.1 Å². The Morgan fingerprint density at radius 2 is 1.83 bits per heavy atom. The summed E-state index contributed by atoms with van der Waals surface area (Å²) in [6, 6.07) is 7.39. The van der Waals surface area contributed by atoms with Gasteiger partial charge in [0, 0.05) is 19.6 Å². The second kappa shape index (κ2) is 8.73. The molecule has 1 saturated carbocycles. The number of nitrogens with zero attached hydrogens (tertiary/aromatic N) is 2. The number of urea groups is 1. The van der Waals surface area contributed by atoms with Crippen LogP contribution in [-0.4, -0.2) is 72.6 Å². The van der Waals surface area contributed by atoms with E-state index in [2.05, 4.69) is 15.5 Å². The Morgan fingerprint density at radius 3 is 2.50 bits per heavy atom. The van der Waals surface area contributed by atoms with E-state index in [1.165, 1.54) is 0 Å². The monoisotopic (exact) mass is 414 g/mol. The molecule has 2 saturated heterocycles. The number of benzene rings is 1. The van der Waals surface area contributed by atoms with Gasteiger partial charge in [-0.3, -0.25) is 19.4 Å². The van der Waals surface area contributed by atoms with Crippen LogP contribution in [0.4, 0.5) is 4.79 Å². The molecule has 1 aromatic rings. The molecule has 3 aliphatic rings. The van der Waals surface area contributed by atoms with Gasteiger partial charge in [-0.1, -0.05) is 42.7 Å². The number of hydrogen-bond acceptors (Lipinski definition) is 5. The fourth-order valence-corrected chi connectivity index (χ4v) is 4.60. The Kier molecular flexibility index (Phi) is 6.06. The van der Waals surface area contributed by atoms with Gasteiger partial charge < -0.3 is 15.4 Å². The number of nitrogens with one attached hydrogen (secondary N) is 2. The Bertz CT molecular complexity index is 798. The lowest BCUT2D eigenvalue weighted by atomic mass is 9.98. The molecule has 1 aliphatic carbocycles. The van der Waals surface area contributed by atoms with Crippen LogP contribution in [0.5, 0.6) is 0 Å². The molecule has 0 unspecified atom stereocenters. The summed E-state index contributed by atoms with van der Waals surface area (Å²) in [4.78, 5) is 41.4. The summed E-state index contributed by atoms with van der Waals surface area (Å²) < 4.78 is 5.42. The molecule has 2 N–H and O–H groups in total. The van der Waals surface area contributed by atoms with Crippen LogP contribution in [0.2, 0.25) is 0 Å². The van der Waals surface area contributed by atoms with Gasteiger partial charge in [-0.05, 0) is 25.3 Å². The highest BCUT2D eigenvalue weighted by Gasteiger charge is 2.52. The van der Waals surface area contributed by atoms with Gasteiger partial charge in [-0.25, -0.2) is 4.79 Å². The van der Waals surface area contributed by atoms with E-state index in [0.717, 1.165) is 42.0 Å². The molecule has 0 aromatic heterocycles. The smallest absolute Gasteiger partial charge is 0.325 e. The molecule has 0 radical (unpaired) electrons. The summed E-state index contributed by atoms with van der Waals surface area (Å²) in [5.41, 5.74) is 1.36. The third-order valence-electron chi connectivity index (χ3n) is 6.36. The zero-order valence-electron chi connectivity index (χ0n) is 17.5. The molecule has 8 heteroatoms. The van der Waals surface area contributed by atoms with Crippen LogP contribution in [0.15, 0.2) is 24.3 Å². The second-order valence-electron chi connectivity index (χ2n) is 8.55. The number of aryl methyl sites for hydroxylation is 1. The SMILES string of the molecule is Cc1ccc([C@@H](CN2CCOCC2)NC(=O)CN2C(=O)NC3(CCCC3)C2=O)cc1. The van der Waals surface area contributed by atoms with Crippen LogP contribution in [0.25, 0.3) is 0 Å². The molecule has 1 spiro atoms. The second-order valence-corrected chi connectivity index (χ2v) is 8.55. The topological polar surface area (TPSA) is 91.0 Å². The van der Waals surface area contributed by atoms with E-state index >= 15 is 0 Å². The predicted molar refractivity (Wildman–Crippen MR) is 111 cm³/mol. The Balaban J connectivity index is 1.43. The van der Waals surface area contributed by atoms with Gasteiger partial charge in [0.05, 0.1) is 19.3 Å². The quantitative estimate of drug-likeness (QED) is 0.686. The van der Waals surface area contributed by atoms with E-state index in [1.807, 2.05) is 31.2 Å². The van der Waals surface area contributed by atoms with E-state index in [1.54, 1.807) is 0 Å². The minimum Gasteiger partial charge on any atom is -0.379 e. The maximum atomic E-state index is 12.9. The number of ether oxygens (including phenoxy) is 1. The normalized spacial score (nSPS) is 22.4. The van der Waals surface area contributed by atoms with Gasteiger partial charge in [-0.15, -0.1) is 0 Å². The van der Waals surface area contributed by atoms with Crippen molar-refractivity contribution in [3.8, 4) is 0 Å². The van der Waals surface area contributed by atoms with Crippen LogP contribution in [0, 0.1) is 6.92 Å². The summed E-state index contributed by atoms with van der Waals surface area (Å²) >= 11 is 0. The van der Waals surface area contributed by atoms with Crippen LogP contribution < -0.4 is 10.6 Å². The molecule has 2 aliphatic heterocycles. The molecule has 0 bridgehead atoms. The summed E-state index contributed by atoms with van der Waals surface area (Å²) in [7, 11) is 0. The fraction of sp³-hybridized carbons (Fsp3) is 0.591. The largest absolute Gasteiger partial charge is 0.379 e. The van der Waals surface area contributed by atoms with Crippen molar-refractivity contribution >= 4 is 17.8 Å². The number of morpholine rings is 1. The van der Waals surface area contributed by atoms with Crippen molar-refractivity contribution in [3.63, 3.8) is 0 Å². The fourth-order valence-electron chi connectivity index (χ4n) is 4.60. The first-order valence-corrected chi connectivity index (χ1v) is 10.8. The molecule has 4 amide bonds. The van der Waals surface area contributed by atoms with Crippen LogP contribution in [-0.2, 0) is 14.3 Å². The molecular weight excluding hydrogens is 384 g/mol. The van der Waals surface area contributed by atoms with E-state index in [-0.39, 0.29) is 24.4 Å². The first-order valence-electron chi connectivity index (χ1n) is 10.8. The van der Waals surface area contributed by atoms with Crippen LogP contribution in [0.3, 0.4) is 0 Å². The van der Waals surface area contributed by atoms with Crippen molar-refractivity contribution in [2.24, 2.45) is 0 Å². The maximum absolute atomic E-state index is 12.9. The minimum absolute atomic E-state index is 0.225. The number of carbonyl (C=O) groups excluding carboxylic acids is 3. The molecule has 1 atom stereocenters. The zero-order chi connectivity index (χ0) is 21.1. The third-order valence-corrected chi connectivity index (χ3v) is 6.36. The van der Waals surface area contributed by atoms with Crippen LogP contribution in [0.1, 0.15) is 42.9 Å². The molecule has 30 heavy (non-hydrogen) atoms. The molecule has 3 fully saturated rings. The number of imide groups is 1. The third kappa shape index (κ3) is 4.34. The first kappa shape index (κ1) is 20.8. The Morgan fingerprint density at radius 1 is 1.17 bits per heavy atom. The van der Waals surface area contributed by atoms with Crippen molar-refractivity contribution in [2.75, 3.05) is 39.4 Å². The van der Waals surface area contributed by atoms with Crippen molar-refractivity contribution in [2.45, 2.75) is 44.2 Å². The number of hydrogen-bond donors (Lipinski definition) is 2. The number of carbonyl (C=O) groups is 3. The lowest BCUT2D eigenvalue weighted by Gasteiger charge is -2.31. The molecule has 8 nitrogen and oxygen atoms in total. The van der Waals surface area contributed by atoms with Crippen molar-refractivity contribution < 1.29 is 19.1 Å². The molecule has 2 heterocycles. The van der Waals surface area contributed by atoms with Crippen molar-refractivity contribution in [1.82, 2.24) is 20.4 Å². The maximum Gasteiger partial charge on any atom is 0.325 e. The standard InChI is InChI=1S/C22H30N4O4/c1-16-4-6-17(7-5-16)18(14-25-10-12-30-13-11-25)23-19(27)15-26-20(28)22(24-21(26)29)8-2-3-9-22/h4-7,18H,2-3,8-15H2,1H3,(H,23,27)(H,24,29)/t18-/m1/s1. The lowest BCUT2D eigenvalue weighted by molar-refractivity contribution is -0.135. The average molecular weight is 415 g/mol. The molecule has 4 rings (SSSR count). The van der Waals surface area contributed by atoms with E-state index in [4.69, 9.17) is 4.74 Å². The Labute approximate surface area is 176 Å². The van der Waals surface area contributed by atoms with Gasteiger partial charge in [-0.2, -0.15) is 0 Å². The van der Waals surface area contributed by atoms with E-state index in [0.29, 0.717) is 32.6 Å². The molecular formula is C22H30N4O4. The molecule has 1 aromatic carbocycles. The highest BCUT2D eigenvalue weighted by Crippen LogP contribution is 2.34. The highest BCUT2D eigenvalue weighted by molar-refractivity contribution is 6.09. The van der Waals surface area contributed by atoms with Gasteiger partial charge in [0.25, 0.3) is 5.91 Å². The van der Waals surface area contributed by atoms with E-state index < -0.39 is 11.6 Å². The minimum atomic E-state index is -0.790.